The molecule has 0 aromatic carbocycles. The number of hydrogen-bond acceptors (Lipinski definition) is 3. The van der Waals surface area contributed by atoms with Gasteiger partial charge in [0.05, 0.1) is 6.61 Å². The van der Waals surface area contributed by atoms with E-state index in [0.717, 1.165) is 25.7 Å². The molecule has 0 aromatic rings. The minimum atomic E-state index is -4.32. The Morgan fingerprint density at radius 1 is 1.37 bits per heavy atom. The monoisotopic (exact) mass is 282 g/mol. The van der Waals surface area contributed by atoms with E-state index in [-0.39, 0.29) is 25.0 Å². The first kappa shape index (κ1) is 16.2. The zero-order chi connectivity index (χ0) is 14.3. The SMILES string of the molecule is NCC1CCCC(C(=O)NCCOCC(F)(F)F)C1. The molecule has 1 amide bonds. The van der Waals surface area contributed by atoms with Crippen LogP contribution in [-0.4, -0.2) is 38.4 Å². The molecular weight excluding hydrogens is 261 g/mol. The fourth-order valence-corrected chi connectivity index (χ4v) is 2.32. The van der Waals surface area contributed by atoms with Gasteiger partial charge in [-0.3, -0.25) is 4.79 Å². The Kier molecular flexibility index (Phi) is 6.57. The largest absolute Gasteiger partial charge is 0.411 e. The maximum atomic E-state index is 11.8. The van der Waals surface area contributed by atoms with Crippen LogP contribution in [0.2, 0.25) is 0 Å². The number of alkyl halides is 3. The molecule has 7 heteroatoms. The average molecular weight is 282 g/mol. The molecule has 1 saturated carbocycles. The summed E-state index contributed by atoms with van der Waals surface area (Å²) in [6.45, 7) is -0.711. The fraction of sp³-hybridized carbons (Fsp3) is 0.917. The fourth-order valence-electron chi connectivity index (χ4n) is 2.32. The van der Waals surface area contributed by atoms with Crippen molar-refractivity contribution in [2.45, 2.75) is 31.9 Å². The highest BCUT2D eigenvalue weighted by molar-refractivity contribution is 5.78. The number of carbonyl (C=O) groups is 1. The summed E-state index contributed by atoms with van der Waals surface area (Å²) in [5.41, 5.74) is 5.59. The molecule has 1 aliphatic rings. The van der Waals surface area contributed by atoms with Crippen LogP contribution in [0.25, 0.3) is 0 Å². The van der Waals surface area contributed by atoms with Gasteiger partial charge in [-0.2, -0.15) is 13.2 Å². The van der Waals surface area contributed by atoms with Crippen molar-refractivity contribution in [3.63, 3.8) is 0 Å². The van der Waals surface area contributed by atoms with Crippen molar-refractivity contribution in [1.82, 2.24) is 5.32 Å². The molecule has 0 aromatic heterocycles. The van der Waals surface area contributed by atoms with Crippen LogP contribution in [0.1, 0.15) is 25.7 Å². The number of ether oxygens (including phenoxy) is 1. The highest BCUT2D eigenvalue weighted by atomic mass is 19.4. The first-order valence-corrected chi connectivity index (χ1v) is 6.54. The van der Waals surface area contributed by atoms with Crippen molar-refractivity contribution in [3.8, 4) is 0 Å². The van der Waals surface area contributed by atoms with Gasteiger partial charge < -0.3 is 15.8 Å². The Morgan fingerprint density at radius 2 is 2.11 bits per heavy atom. The average Bonchev–Trinajstić information content (AvgIpc) is 2.37. The van der Waals surface area contributed by atoms with E-state index in [1.807, 2.05) is 0 Å². The maximum absolute atomic E-state index is 11.8. The predicted molar refractivity (Wildman–Crippen MR) is 64.4 cm³/mol. The highest BCUT2D eigenvalue weighted by Crippen LogP contribution is 2.28. The Balaban J connectivity index is 2.13. The number of carbonyl (C=O) groups excluding carboxylic acids is 1. The number of hydrogen-bond donors (Lipinski definition) is 2. The molecular formula is C12H21F3N2O2. The summed E-state index contributed by atoms with van der Waals surface area (Å²) in [4.78, 5) is 11.8. The first-order chi connectivity index (χ1) is 8.92. The van der Waals surface area contributed by atoms with Crippen molar-refractivity contribution < 1.29 is 22.7 Å². The van der Waals surface area contributed by atoms with Gasteiger partial charge in [0, 0.05) is 12.5 Å². The second kappa shape index (κ2) is 7.69. The molecule has 4 nitrogen and oxygen atoms in total. The van der Waals surface area contributed by atoms with E-state index in [1.165, 1.54) is 0 Å². The molecule has 112 valence electrons. The van der Waals surface area contributed by atoms with E-state index >= 15 is 0 Å². The molecule has 1 rings (SSSR count). The van der Waals surface area contributed by atoms with Crippen molar-refractivity contribution in [2.75, 3.05) is 26.3 Å². The summed E-state index contributed by atoms with van der Waals surface area (Å²) in [5, 5.41) is 2.61. The number of nitrogens with two attached hydrogens (primary N) is 1. The second-order valence-electron chi connectivity index (χ2n) is 4.92. The topological polar surface area (TPSA) is 64.4 Å². The molecule has 1 aliphatic carbocycles. The van der Waals surface area contributed by atoms with Crippen LogP contribution in [0.5, 0.6) is 0 Å². The van der Waals surface area contributed by atoms with Gasteiger partial charge in [-0.05, 0) is 31.7 Å². The van der Waals surface area contributed by atoms with E-state index in [1.54, 1.807) is 0 Å². The maximum Gasteiger partial charge on any atom is 0.411 e. The van der Waals surface area contributed by atoms with Crippen LogP contribution in [0.4, 0.5) is 13.2 Å². The van der Waals surface area contributed by atoms with E-state index in [9.17, 15) is 18.0 Å². The lowest BCUT2D eigenvalue weighted by Gasteiger charge is -2.27. The lowest BCUT2D eigenvalue weighted by atomic mass is 9.81. The molecule has 0 spiro atoms. The molecule has 0 radical (unpaired) electrons. The number of rotatable bonds is 6. The standard InChI is InChI=1S/C12H21F3N2O2/c13-12(14,15)8-19-5-4-17-11(18)10-3-1-2-9(6-10)7-16/h9-10H,1-8,16H2,(H,17,18). The van der Waals surface area contributed by atoms with Crippen molar-refractivity contribution in [2.24, 2.45) is 17.6 Å². The third-order valence-corrected chi connectivity index (χ3v) is 3.30. The van der Waals surface area contributed by atoms with Crippen LogP contribution in [0.3, 0.4) is 0 Å². The normalized spacial score (nSPS) is 24.2. The van der Waals surface area contributed by atoms with Gasteiger partial charge in [-0.25, -0.2) is 0 Å². The third kappa shape index (κ3) is 6.77. The second-order valence-corrected chi connectivity index (χ2v) is 4.92. The van der Waals surface area contributed by atoms with Crippen LogP contribution < -0.4 is 11.1 Å². The smallest absolute Gasteiger partial charge is 0.370 e. The van der Waals surface area contributed by atoms with Gasteiger partial charge in [0.15, 0.2) is 0 Å². The molecule has 0 aliphatic heterocycles. The van der Waals surface area contributed by atoms with E-state index in [2.05, 4.69) is 10.1 Å². The van der Waals surface area contributed by atoms with Crippen LogP contribution in [0.15, 0.2) is 0 Å². The number of nitrogens with one attached hydrogen (secondary N) is 1. The molecule has 19 heavy (non-hydrogen) atoms. The Morgan fingerprint density at radius 3 is 2.74 bits per heavy atom. The van der Waals surface area contributed by atoms with Gasteiger partial charge in [0.1, 0.15) is 6.61 Å². The predicted octanol–water partition coefficient (Wildman–Crippen LogP) is 1.45. The molecule has 0 bridgehead atoms. The zero-order valence-corrected chi connectivity index (χ0v) is 10.8. The molecule has 2 atom stereocenters. The van der Waals surface area contributed by atoms with Crippen LogP contribution in [-0.2, 0) is 9.53 Å². The number of halogens is 3. The zero-order valence-electron chi connectivity index (χ0n) is 10.8. The van der Waals surface area contributed by atoms with Crippen molar-refractivity contribution in [1.29, 1.82) is 0 Å². The summed E-state index contributed by atoms with van der Waals surface area (Å²) in [6, 6.07) is 0. The Bertz CT molecular complexity index is 285. The third-order valence-electron chi connectivity index (χ3n) is 3.30. The van der Waals surface area contributed by atoms with Crippen molar-refractivity contribution in [3.05, 3.63) is 0 Å². The molecule has 3 N–H and O–H groups in total. The minimum absolute atomic E-state index is 0.0649. The lowest BCUT2D eigenvalue weighted by molar-refractivity contribution is -0.173. The Labute approximate surface area is 110 Å². The lowest BCUT2D eigenvalue weighted by Crippen LogP contribution is -2.37. The Hall–Kier alpha value is -0.820. The minimum Gasteiger partial charge on any atom is -0.370 e. The summed E-state index contributed by atoms with van der Waals surface area (Å²) < 4.78 is 39.8. The van der Waals surface area contributed by atoms with Gasteiger partial charge >= 0.3 is 6.18 Å². The summed E-state index contributed by atoms with van der Waals surface area (Å²) in [5.74, 6) is 0.213. The van der Waals surface area contributed by atoms with Crippen molar-refractivity contribution >= 4 is 5.91 Å². The van der Waals surface area contributed by atoms with Gasteiger partial charge in [-0.15, -0.1) is 0 Å². The molecule has 0 saturated heterocycles. The molecule has 2 unspecified atom stereocenters. The van der Waals surface area contributed by atoms with Gasteiger partial charge in [0.25, 0.3) is 0 Å². The summed E-state index contributed by atoms with van der Waals surface area (Å²) >= 11 is 0. The van der Waals surface area contributed by atoms with E-state index in [0.29, 0.717) is 12.5 Å². The van der Waals surface area contributed by atoms with Crippen LogP contribution in [0, 0.1) is 11.8 Å². The quantitative estimate of drug-likeness (QED) is 0.725. The summed E-state index contributed by atoms with van der Waals surface area (Å²) in [6.07, 6.45) is -0.696. The molecule has 1 fully saturated rings. The molecule has 0 heterocycles. The van der Waals surface area contributed by atoms with E-state index < -0.39 is 12.8 Å². The summed E-state index contributed by atoms with van der Waals surface area (Å²) in [7, 11) is 0. The number of amides is 1. The van der Waals surface area contributed by atoms with E-state index in [4.69, 9.17) is 5.73 Å². The first-order valence-electron chi connectivity index (χ1n) is 6.54. The van der Waals surface area contributed by atoms with Gasteiger partial charge in [0.2, 0.25) is 5.91 Å². The van der Waals surface area contributed by atoms with Crippen LogP contribution >= 0.6 is 0 Å². The highest BCUT2D eigenvalue weighted by Gasteiger charge is 2.28. The van der Waals surface area contributed by atoms with Gasteiger partial charge in [-0.1, -0.05) is 6.42 Å².